The molecule has 2 aromatic rings. The fourth-order valence-electron chi connectivity index (χ4n) is 6.34. The van der Waals surface area contributed by atoms with Gasteiger partial charge in [0.2, 0.25) is 5.91 Å². The third-order valence-electron chi connectivity index (χ3n) is 8.40. The molecule has 1 N–H and O–H groups in total. The van der Waals surface area contributed by atoms with E-state index in [-0.39, 0.29) is 24.4 Å². The highest BCUT2D eigenvalue weighted by Gasteiger charge is 2.45. The second-order valence-corrected chi connectivity index (χ2v) is 11.7. The van der Waals surface area contributed by atoms with Crippen LogP contribution in [0.25, 0.3) is 0 Å². The van der Waals surface area contributed by atoms with Crippen molar-refractivity contribution in [1.29, 1.82) is 0 Å². The monoisotopic (exact) mass is 554 g/mol. The van der Waals surface area contributed by atoms with Gasteiger partial charge in [0.1, 0.15) is 5.75 Å². The Kier molecular flexibility index (Phi) is 8.64. The number of nitrogens with one attached hydrogen (secondary N) is 1. The van der Waals surface area contributed by atoms with Gasteiger partial charge in [-0.1, -0.05) is 53.1 Å². The van der Waals surface area contributed by atoms with Crippen molar-refractivity contribution in [3.8, 4) is 5.75 Å². The van der Waals surface area contributed by atoms with Crippen LogP contribution in [0.4, 0.5) is 0 Å². The van der Waals surface area contributed by atoms with Gasteiger partial charge in [-0.15, -0.1) is 0 Å². The van der Waals surface area contributed by atoms with E-state index >= 15 is 0 Å². The molecule has 2 amide bonds. The number of ether oxygens (including phenoxy) is 1. The standard InChI is InChI=1S/C31H36Cl2N2O3/c1-38-28-8-3-2-7-25(28)21-6-4-5-20(9-10-21)17-23-15-16-35(30(23)22-11-12-22)29(36)19-34-31(37)24-13-14-26(32)27(33)18-24/h2-3,7-8,13-14,17-18,21-23,30H,4-6,9-12,15-16,19H2,1H3,(H,34,37)/b20-17-/t21?,23?,30-/m0/s1. The summed E-state index contributed by atoms with van der Waals surface area (Å²) in [6.45, 7) is 0.743. The highest BCUT2D eigenvalue weighted by Crippen LogP contribution is 2.45. The molecule has 1 saturated heterocycles. The smallest absolute Gasteiger partial charge is 0.251 e. The number of halogens is 2. The van der Waals surface area contributed by atoms with Crippen LogP contribution in [-0.4, -0.2) is 43.0 Å². The summed E-state index contributed by atoms with van der Waals surface area (Å²) in [5, 5.41) is 3.50. The maximum Gasteiger partial charge on any atom is 0.251 e. The lowest BCUT2D eigenvalue weighted by Crippen LogP contribution is -2.44. The zero-order valence-electron chi connectivity index (χ0n) is 21.9. The van der Waals surface area contributed by atoms with Gasteiger partial charge in [-0.05, 0) is 98.9 Å². The third kappa shape index (κ3) is 6.21. The first-order valence-electron chi connectivity index (χ1n) is 13.8. The summed E-state index contributed by atoms with van der Waals surface area (Å²) >= 11 is 12.0. The van der Waals surface area contributed by atoms with Crippen LogP contribution < -0.4 is 10.1 Å². The maximum absolute atomic E-state index is 13.2. The Morgan fingerprint density at radius 3 is 2.61 bits per heavy atom. The van der Waals surface area contributed by atoms with E-state index in [9.17, 15) is 9.59 Å². The molecule has 5 nitrogen and oxygen atoms in total. The van der Waals surface area contributed by atoms with Crippen molar-refractivity contribution in [2.24, 2.45) is 11.8 Å². The zero-order valence-corrected chi connectivity index (χ0v) is 23.4. The molecule has 0 radical (unpaired) electrons. The van der Waals surface area contributed by atoms with Gasteiger partial charge < -0.3 is 15.0 Å². The Morgan fingerprint density at radius 2 is 1.84 bits per heavy atom. The van der Waals surface area contributed by atoms with Crippen LogP contribution in [0.5, 0.6) is 5.75 Å². The molecule has 0 bridgehead atoms. The third-order valence-corrected chi connectivity index (χ3v) is 9.14. The number of carbonyl (C=O) groups excluding carboxylic acids is 2. The summed E-state index contributed by atoms with van der Waals surface area (Å²) < 4.78 is 5.64. The number of benzene rings is 2. The number of rotatable bonds is 7. The van der Waals surface area contributed by atoms with Gasteiger partial charge in [0, 0.05) is 18.2 Å². The van der Waals surface area contributed by atoms with Crippen molar-refractivity contribution in [3.05, 3.63) is 75.3 Å². The average molecular weight is 556 g/mol. The number of amides is 2. The Balaban J connectivity index is 1.21. The minimum absolute atomic E-state index is 0.00619. The molecule has 0 spiro atoms. The van der Waals surface area contributed by atoms with Crippen LogP contribution >= 0.6 is 23.2 Å². The minimum atomic E-state index is -0.319. The highest BCUT2D eigenvalue weighted by molar-refractivity contribution is 6.42. The van der Waals surface area contributed by atoms with E-state index in [1.165, 1.54) is 37.3 Å². The first-order chi connectivity index (χ1) is 18.4. The number of allylic oxidation sites excluding steroid dienone is 1. The van der Waals surface area contributed by atoms with Crippen molar-refractivity contribution in [2.45, 2.75) is 63.3 Å². The molecule has 0 aromatic heterocycles. The Labute approximate surface area is 235 Å². The summed E-state index contributed by atoms with van der Waals surface area (Å²) in [7, 11) is 1.75. The molecule has 1 heterocycles. The van der Waals surface area contributed by atoms with E-state index in [0.717, 1.165) is 38.0 Å². The molecule has 7 heteroatoms. The van der Waals surface area contributed by atoms with Gasteiger partial charge in [0.15, 0.2) is 0 Å². The fraction of sp³-hybridized carbons (Fsp3) is 0.484. The van der Waals surface area contributed by atoms with E-state index in [1.54, 1.807) is 24.8 Å². The number of carbonyl (C=O) groups is 2. The lowest BCUT2D eigenvalue weighted by Gasteiger charge is -2.28. The van der Waals surface area contributed by atoms with Crippen molar-refractivity contribution in [2.75, 3.05) is 20.2 Å². The van der Waals surface area contributed by atoms with E-state index in [4.69, 9.17) is 27.9 Å². The van der Waals surface area contributed by atoms with Crippen LogP contribution in [0.15, 0.2) is 54.1 Å². The number of methoxy groups -OCH3 is 1. The number of nitrogens with zero attached hydrogens (tertiary/aromatic N) is 1. The predicted octanol–water partition coefficient (Wildman–Crippen LogP) is 7.03. The van der Waals surface area contributed by atoms with Crippen LogP contribution in [0.1, 0.15) is 73.2 Å². The molecule has 3 atom stereocenters. The Morgan fingerprint density at radius 1 is 1.03 bits per heavy atom. The van der Waals surface area contributed by atoms with Gasteiger partial charge in [0.25, 0.3) is 5.91 Å². The predicted molar refractivity (Wildman–Crippen MR) is 152 cm³/mol. The Hall–Kier alpha value is -2.50. The molecular formula is C31H36Cl2N2O3. The second kappa shape index (κ2) is 12.1. The van der Waals surface area contributed by atoms with Crippen molar-refractivity contribution in [1.82, 2.24) is 10.2 Å². The molecule has 2 saturated carbocycles. The van der Waals surface area contributed by atoms with Crippen LogP contribution in [-0.2, 0) is 4.79 Å². The lowest BCUT2D eigenvalue weighted by molar-refractivity contribution is -0.131. The zero-order chi connectivity index (χ0) is 26.6. The van der Waals surface area contributed by atoms with Gasteiger partial charge >= 0.3 is 0 Å². The molecule has 3 aliphatic rings. The van der Waals surface area contributed by atoms with Gasteiger partial charge in [-0.2, -0.15) is 0 Å². The summed E-state index contributed by atoms with van der Waals surface area (Å²) in [4.78, 5) is 27.8. The van der Waals surface area contributed by atoms with E-state index < -0.39 is 0 Å². The first kappa shape index (κ1) is 27.1. The first-order valence-corrected chi connectivity index (χ1v) is 14.6. The SMILES string of the molecule is COc1ccccc1C1CCC/C(=C/C2CCN(C(=O)CNC(=O)c3ccc(Cl)c(Cl)c3)[C@H]2C2CC2)CC1. The summed E-state index contributed by atoms with van der Waals surface area (Å²) in [6.07, 6.45) is 11.6. The van der Waals surface area contributed by atoms with Crippen molar-refractivity contribution in [3.63, 3.8) is 0 Å². The quantitative estimate of drug-likeness (QED) is 0.295. The van der Waals surface area contributed by atoms with E-state index in [0.29, 0.717) is 33.4 Å². The van der Waals surface area contributed by atoms with E-state index in [2.05, 4.69) is 29.6 Å². The van der Waals surface area contributed by atoms with Crippen LogP contribution in [0, 0.1) is 11.8 Å². The van der Waals surface area contributed by atoms with Gasteiger partial charge in [-0.3, -0.25) is 9.59 Å². The summed E-state index contributed by atoms with van der Waals surface area (Å²) in [5.74, 6) is 2.16. The van der Waals surface area contributed by atoms with Gasteiger partial charge in [0.05, 0.1) is 23.7 Å². The molecular weight excluding hydrogens is 519 g/mol. The molecule has 3 fully saturated rings. The van der Waals surface area contributed by atoms with Crippen LogP contribution in [0.3, 0.4) is 0 Å². The second-order valence-electron chi connectivity index (χ2n) is 10.9. The number of likely N-dealkylation sites (tertiary alicyclic amines) is 1. The largest absolute Gasteiger partial charge is 0.496 e. The molecule has 2 unspecified atom stereocenters. The molecule has 5 rings (SSSR count). The summed E-state index contributed by atoms with van der Waals surface area (Å²) in [5.41, 5.74) is 3.27. The number of para-hydroxylation sites is 1. The molecule has 202 valence electrons. The number of hydrogen-bond acceptors (Lipinski definition) is 3. The molecule has 2 aromatic carbocycles. The Bertz CT molecular complexity index is 1210. The van der Waals surface area contributed by atoms with Crippen molar-refractivity contribution >= 4 is 35.0 Å². The fourth-order valence-corrected chi connectivity index (χ4v) is 6.64. The van der Waals surface area contributed by atoms with Crippen LogP contribution in [0.2, 0.25) is 10.0 Å². The van der Waals surface area contributed by atoms with Gasteiger partial charge in [-0.25, -0.2) is 0 Å². The van der Waals surface area contributed by atoms with E-state index in [1.807, 2.05) is 11.0 Å². The molecule has 1 aliphatic heterocycles. The average Bonchev–Trinajstić information content (AvgIpc) is 3.72. The lowest BCUT2D eigenvalue weighted by atomic mass is 9.90. The minimum Gasteiger partial charge on any atom is -0.496 e. The summed E-state index contributed by atoms with van der Waals surface area (Å²) in [6, 6.07) is 13.4. The number of hydrogen-bond donors (Lipinski definition) is 1. The molecule has 38 heavy (non-hydrogen) atoms. The highest BCUT2D eigenvalue weighted by atomic mass is 35.5. The van der Waals surface area contributed by atoms with Crippen molar-refractivity contribution < 1.29 is 14.3 Å². The molecule has 2 aliphatic carbocycles. The normalized spacial score (nSPS) is 24.8. The maximum atomic E-state index is 13.2. The topological polar surface area (TPSA) is 58.6 Å².